The van der Waals surface area contributed by atoms with E-state index < -0.39 is 11.6 Å². The van der Waals surface area contributed by atoms with Gasteiger partial charge in [-0.3, -0.25) is 9.59 Å². The van der Waals surface area contributed by atoms with E-state index in [4.69, 9.17) is 9.47 Å². The van der Waals surface area contributed by atoms with Gasteiger partial charge < -0.3 is 24.2 Å². The minimum absolute atomic E-state index is 0.0116. The number of likely N-dealkylation sites (tertiary alicyclic amines) is 1. The number of ether oxygens (including phenoxy) is 2. The van der Waals surface area contributed by atoms with Crippen LogP contribution < -0.4 is 0 Å². The first-order chi connectivity index (χ1) is 18.3. The first-order valence-electron chi connectivity index (χ1n) is 13.7. The van der Waals surface area contributed by atoms with E-state index >= 15 is 0 Å². The van der Waals surface area contributed by atoms with E-state index in [1.54, 1.807) is 4.90 Å². The van der Waals surface area contributed by atoms with Gasteiger partial charge >= 0.3 is 0 Å². The third-order valence-corrected chi connectivity index (χ3v) is 7.93. The molecule has 1 aromatic carbocycles. The molecule has 3 heterocycles. The number of carbonyl (C=O) groups excluding carboxylic acids is 2. The van der Waals surface area contributed by atoms with Crippen molar-refractivity contribution in [3.05, 3.63) is 58.3 Å². The van der Waals surface area contributed by atoms with Gasteiger partial charge in [0, 0.05) is 49.6 Å². The van der Waals surface area contributed by atoms with Crippen LogP contribution in [0.3, 0.4) is 0 Å². The third-order valence-electron chi connectivity index (χ3n) is 7.93. The van der Waals surface area contributed by atoms with E-state index in [2.05, 4.69) is 11.0 Å². The Morgan fingerprint density at radius 3 is 2.50 bits per heavy atom. The number of hydrogen-bond acceptors (Lipinski definition) is 5. The molecule has 0 spiro atoms. The summed E-state index contributed by atoms with van der Waals surface area (Å²) in [4.78, 5) is 32.6. The molecule has 1 aliphatic carbocycles. The molecule has 2 saturated heterocycles. The van der Waals surface area contributed by atoms with Crippen LogP contribution in [0.25, 0.3) is 0 Å². The molecule has 0 bridgehead atoms. The molecule has 2 fully saturated rings. The monoisotopic (exact) mass is 529 g/mol. The van der Waals surface area contributed by atoms with Crippen LogP contribution in [0, 0.1) is 11.6 Å². The number of allylic oxidation sites excluding steroid dienone is 1. The van der Waals surface area contributed by atoms with Crippen LogP contribution in [0.2, 0.25) is 0 Å². The highest BCUT2D eigenvalue weighted by Gasteiger charge is 2.35. The molecule has 206 valence electrons. The highest BCUT2D eigenvalue weighted by Crippen LogP contribution is 2.37. The smallest absolute Gasteiger partial charge is 0.254 e. The highest BCUT2D eigenvalue weighted by atomic mass is 19.1. The van der Waals surface area contributed by atoms with Gasteiger partial charge in [-0.25, -0.2) is 8.78 Å². The first-order valence-corrected chi connectivity index (χ1v) is 13.7. The SMILES string of the molecule is C[C@@H]1CN(C(=O)C2=CCCN(CC(=O)N3CCC(OCc4c(F)cccc4F)C3)C3=C2CCC3)C[C@H](C)O1. The molecule has 9 heteroatoms. The van der Waals surface area contributed by atoms with Crippen LogP contribution >= 0.6 is 0 Å². The zero-order valence-electron chi connectivity index (χ0n) is 22.3. The zero-order valence-corrected chi connectivity index (χ0v) is 22.3. The lowest BCUT2D eigenvalue weighted by molar-refractivity contribution is -0.138. The van der Waals surface area contributed by atoms with Crippen LogP contribution in [0.1, 0.15) is 51.5 Å². The largest absolute Gasteiger partial charge is 0.372 e. The average Bonchev–Trinajstić information content (AvgIpc) is 3.52. The molecule has 0 N–H and O–H groups in total. The van der Waals surface area contributed by atoms with Gasteiger partial charge in [-0.05, 0) is 63.7 Å². The molecule has 3 atom stereocenters. The molecule has 3 aliphatic heterocycles. The lowest BCUT2D eigenvalue weighted by atomic mass is 10.0. The Hall–Kier alpha value is -2.78. The van der Waals surface area contributed by atoms with Crippen molar-refractivity contribution in [1.82, 2.24) is 14.7 Å². The summed E-state index contributed by atoms with van der Waals surface area (Å²) >= 11 is 0. The van der Waals surface area contributed by atoms with Crippen LogP contribution in [0.5, 0.6) is 0 Å². The fourth-order valence-corrected chi connectivity index (χ4v) is 6.12. The van der Waals surface area contributed by atoms with E-state index in [-0.39, 0.29) is 48.8 Å². The Labute approximate surface area is 223 Å². The van der Waals surface area contributed by atoms with E-state index in [0.717, 1.165) is 36.1 Å². The second-order valence-electron chi connectivity index (χ2n) is 10.8. The van der Waals surface area contributed by atoms with E-state index in [1.807, 2.05) is 18.7 Å². The van der Waals surface area contributed by atoms with Gasteiger partial charge in [0.2, 0.25) is 5.91 Å². The topological polar surface area (TPSA) is 62.3 Å². The van der Waals surface area contributed by atoms with E-state index in [9.17, 15) is 18.4 Å². The maximum absolute atomic E-state index is 13.9. The Kier molecular flexibility index (Phi) is 8.14. The van der Waals surface area contributed by atoms with Crippen molar-refractivity contribution in [3.8, 4) is 0 Å². The predicted molar refractivity (Wildman–Crippen MR) is 138 cm³/mol. The Morgan fingerprint density at radius 1 is 1.03 bits per heavy atom. The molecule has 4 aliphatic rings. The summed E-state index contributed by atoms with van der Waals surface area (Å²) in [6, 6.07) is 3.76. The summed E-state index contributed by atoms with van der Waals surface area (Å²) in [6.07, 6.45) is 5.85. The molecule has 7 nitrogen and oxygen atoms in total. The second-order valence-corrected chi connectivity index (χ2v) is 10.8. The van der Waals surface area contributed by atoms with Crippen molar-refractivity contribution in [3.63, 3.8) is 0 Å². The van der Waals surface area contributed by atoms with E-state index in [1.165, 1.54) is 18.2 Å². The van der Waals surface area contributed by atoms with Gasteiger partial charge in [-0.2, -0.15) is 0 Å². The lowest BCUT2D eigenvalue weighted by Gasteiger charge is -2.36. The van der Waals surface area contributed by atoms with Crippen molar-refractivity contribution in [1.29, 1.82) is 0 Å². The van der Waals surface area contributed by atoms with Crippen LogP contribution in [-0.4, -0.2) is 84.1 Å². The van der Waals surface area contributed by atoms with Gasteiger partial charge in [-0.1, -0.05) is 12.1 Å². The molecular formula is C29H37F2N3O4. The molecule has 2 amide bonds. The molecule has 38 heavy (non-hydrogen) atoms. The number of nitrogens with zero attached hydrogens (tertiary/aromatic N) is 3. The summed E-state index contributed by atoms with van der Waals surface area (Å²) in [5, 5.41) is 0. The molecule has 0 radical (unpaired) electrons. The number of halogens is 2. The Morgan fingerprint density at radius 2 is 1.76 bits per heavy atom. The fraction of sp³-hybridized carbons (Fsp3) is 0.586. The lowest BCUT2D eigenvalue weighted by Crippen LogP contribution is -2.48. The number of hydrogen-bond donors (Lipinski definition) is 0. The highest BCUT2D eigenvalue weighted by molar-refractivity contribution is 5.98. The standard InChI is InChI=1S/C29H37F2N3O4/c1-19-14-34(15-20(2)38-19)29(36)23-7-5-12-32(27-10-3-6-22(23)27)17-28(35)33-13-11-21(16-33)37-18-24-25(30)8-4-9-26(24)31/h4,7-9,19-21H,3,5-6,10-18H2,1-2H3/t19-,20+,21?. The Balaban J connectivity index is 1.20. The maximum Gasteiger partial charge on any atom is 0.254 e. The molecule has 1 unspecified atom stereocenters. The van der Waals surface area contributed by atoms with Gasteiger partial charge in [0.05, 0.1) is 31.5 Å². The molecular weight excluding hydrogens is 492 g/mol. The van der Waals surface area contributed by atoms with Crippen molar-refractivity contribution < 1.29 is 27.8 Å². The predicted octanol–water partition coefficient (Wildman–Crippen LogP) is 3.79. The normalized spacial score (nSPS) is 25.9. The summed E-state index contributed by atoms with van der Waals surface area (Å²) in [7, 11) is 0. The fourth-order valence-electron chi connectivity index (χ4n) is 6.12. The third kappa shape index (κ3) is 5.78. The number of benzene rings is 1. The number of amides is 2. The van der Waals surface area contributed by atoms with Crippen molar-refractivity contribution in [2.45, 2.75) is 70.9 Å². The number of carbonyl (C=O) groups is 2. The van der Waals surface area contributed by atoms with Crippen LogP contribution in [-0.2, 0) is 25.7 Å². The van der Waals surface area contributed by atoms with Crippen molar-refractivity contribution in [2.24, 2.45) is 0 Å². The summed E-state index contributed by atoms with van der Waals surface area (Å²) in [5.74, 6) is -1.17. The average molecular weight is 530 g/mol. The minimum Gasteiger partial charge on any atom is -0.372 e. The first kappa shape index (κ1) is 26.8. The number of morpholine rings is 1. The second kappa shape index (κ2) is 11.5. The molecule has 0 aromatic heterocycles. The number of rotatable bonds is 6. The summed E-state index contributed by atoms with van der Waals surface area (Å²) < 4.78 is 39.4. The van der Waals surface area contributed by atoms with Gasteiger partial charge in [0.25, 0.3) is 5.91 Å². The van der Waals surface area contributed by atoms with Crippen molar-refractivity contribution >= 4 is 11.8 Å². The van der Waals surface area contributed by atoms with Crippen molar-refractivity contribution in [2.75, 3.05) is 39.3 Å². The molecule has 5 rings (SSSR count). The molecule has 1 aromatic rings. The van der Waals surface area contributed by atoms with Gasteiger partial charge in [0.1, 0.15) is 11.6 Å². The van der Waals surface area contributed by atoms with Crippen LogP contribution in [0.4, 0.5) is 8.78 Å². The maximum atomic E-state index is 13.9. The summed E-state index contributed by atoms with van der Waals surface area (Å²) in [6.45, 7) is 6.93. The quantitative estimate of drug-likeness (QED) is 0.561. The zero-order chi connectivity index (χ0) is 26.8. The van der Waals surface area contributed by atoms with Gasteiger partial charge in [-0.15, -0.1) is 0 Å². The van der Waals surface area contributed by atoms with Crippen LogP contribution in [0.15, 0.2) is 41.1 Å². The Bertz CT molecular complexity index is 1110. The summed E-state index contributed by atoms with van der Waals surface area (Å²) in [5.41, 5.74) is 2.92. The molecule has 0 saturated carbocycles. The van der Waals surface area contributed by atoms with E-state index in [0.29, 0.717) is 45.6 Å². The minimum atomic E-state index is -0.623. The van der Waals surface area contributed by atoms with Gasteiger partial charge in [0.15, 0.2) is 0 Å².